The van der Waals surface area contributed by atoms with Gasteiger partial charge in [-0.25, -0.2) is 0 Å². The molecule has 0 N–H and O–H groups in total. The van der Waals surface area contributed by atoms with Gasteiger partial charge in [0.05, 0.1) is 36.6 Å². The second-order valence-corrected chi connectivity index (χ2v) is 21.5. The summed E-state index contributed by atoms with van der Waals surface area (Å²) in [6.07, 6.45) is 34.1. The lowest BCUT2D eigenvalue weighted by Crippen LogP contribution is -2.12. The maximum absolute atomic E-state index is 5.33. The summed E-state index contributed by atoms with van der Waals surface area (Å²) in [6, 6.07) is 4.80. The maximum atomic E-state index is 5.33. The van der Waals surface area contributed by atoms with E-state index in [-0.39, 0.29) is 0 Å². The summed E-state index contributed by atoms with van der Waals surface area (Å²) in [5.41, 5.74) is 8.84. The van der Waals surface area contributed by atoms with Crippen molar-refractivity contribution in [2.45, 2.75) is 201 Å². The van der Waals surface area contributed by atoms with Gasteiger partial charge in [-0.15, -0.1) is 22.7 Å². The number of halogens is 2. The fourth-order valence-corrected chi connectivity index (χ4v) is 12.3. The van der Waals surface area contributed by atoms with Crippen LogP contribution in [0.4, 0.5) is 11.4 Å². The number of fused-ring (bicyclic) bond motifs is 2. The molecule has 1 aliphatic rings. The Hall–Kier alpha value is -1.20. The summed E-state index contributed by atoms with van der Waals surface area (Å²) in [5.74, 6) is 0.563. The first-order valence-electron chi connectivity index (χ1n) is 22.6. The minimum atomic E-state index is 0.563. The molecule has 1 unspecified atom stereocenters. The molecule has 0 aliphatic carbocycles. The number of aromatic nitrogens is 3. The van der Waals surface area contributed by atoms with Crippen LogP contribution in [0.1, 0.15) is 193 Å². The van der Waals surface area contributed by atoms with E-state index in [0.717, 1.165) is 59.3 Å². The lowest BCUT2D eigenvalue weighted by molar-refractivity contribution is 0.351. The fourth-order valence-electron chi connectivity index (χ4n) is 8.13. The van der Waals surface area contributed by atoms with Crippen molar-refractivity contribution in [3.8, 4) is 20.9 Å². The van der Waals surface area contributed by atoms with Gasteiger partial charge in [-0.2, -0.15) is 23.7 Å². The predicted octanol–water partition coefficient (Wildman–Crippen LogP) is 18.3. The van der Waals surface area contributed by atoms with Crippen molar-refractivity contribution in [1.29, 1.82) is 0 Å². The highest BCUT2D eigenvalue weighted by atomic mass is 79.9. The topological polar surface area (TPSA) is 55.4 Å². The fraction of sp³-hybridized carbons (Fsp3) is 0.696. The van der Waals surface area contributed by atoms with Gasteiger partial charge in [0.15, 0.2) is 0 Å². The van der Waals surface area contributed by atoms with E-state index in [2.05, 4.69) is 71.7 Å². The highest BCUT2D eigenvalue weighted by molar-refractivity contribution is 9.11. The Labute approximate surface area is 368 Å². The zero-order valence-electron chi connectivity index (χ0n) is 35.0. The molecular weight excluding hydrogens is 879 g/mol. The Kier molecular flexibility index (Phi) is 20.8. The van der Waals surface area contributed by atoms with Crippen molar-refractivity contribution >= 4 is 88.3 Å². The molecule has 10 heteroatoms. The van der Waals surface area contributed by atoms with Crippen LogP contribution in [0.3, 0.4) is 0 Å². The second-order valence-electron chi connectivity index (χ2n) is 16.3. The first-order chi connectivity index (χ1) is 27.5. The number of hydrogen-bond donors (Lipinski definition) is 0. The van der Waals surface area contributed by atoms with E-state index < -0.39 is 0 Å². The molecule has 1 aromatic carbocycles. The first-order valence-corrected chi connectivity index (χ1v) is 26.5. The van der Waals surface area contributed by atoms with E-state index in [0.29, 0.717) is 5.92 Å². The van der Waals surface area contributed by atoms with Gasteiger partial charge in [-0.1, -0.05) is 163 Å². The van der Waals surface area contributed by atoms with E-state index >= 15 is 0 Å². The number of benzene rings is 1. The molecule has 5 nitrogen and oxygen atoms in total. The SMILES string of the molecule is CCCCCCCCCCCCc1cc(-c2c3c(c(-c4cc(CCCCCCCCCCCC)c(Br)s4)c4nn(CC(CC)CCCC)nc24)N=S=N3)sc1Br. The highest BCUT2D eigenvalue weighted by Gasteiger charge is 2.29. The van der Waals surface area contributed by atoms with Crippen LogP contribution in [0, 0.1) is 5.92 Å². The minimum absolute atomic E-state index is 0.563. The molecule has 0 radical (unpaired) electrons. The quantitative estimate of drug-likeness (QED) is 0.0431. The summed E-state index contributed by atoms with van der Waals surface area (Å²) < 4.78 is 12.5. The van der Waals surface area contributed by atoms with Gasteiger partial charge < -0.3 is 0 Å². The lowest BCUT2D eigenvalue weighted by atomic mass is 9.99. The summed E-state index contributed by atoms with van der Waals surface area (Å²) in [6.45, 7) is 10.0. The number of nitrogens with zero attached hydrogens (tertiary/aromatic N) is 5. The number of rotatable bonds is 30. The van der Waals surface area contributed by atoms with Crippen LogP contribution in [-0.4, -0.2) is 15.0 Å². The van der Waals surface area contributed by atoms with E-state index in [1.807, 2.05) is 27.5 Å². The van der Waals surface area contributed by atoms with E-state index in [4.69, 9.17) is 18.9 Å². The van der Waals surface area contributed by atoms with Crippen LogP contribution in [-0.2, 0) is 30.7 Å². The largest absolute Gasteiger partial charge is 0.183 e. The van der Waals surface area contributed by atoms with Crippen molar-refractivity contribution < 1.29 is 0 Å². The summed E-state index contributed by atoms with van der Waals surface area (Å²) in [5, 5.41) is 10.7. The van der Waals surface area contributed by atoms with Crippen LogP contribution in [0.5, 0.6) is 0 Å². The summed E-state index contributed by atoms with van der Waals surface area (Å²) >= 11 is 12.9. The van der Waals surface area contributed by atoms with Crippen molar-refractivity contribution in [3.63, 3.8) is 0 Å². The number of hydrogen-bond acceptors (Lipinski definition) is 6. The van der Waals surface area contributed by atoms with Gasteiger partial charge in [0, 0.05) is 9.75 Å². The molecule has 0 fully saturated rings. The molecule has 0 spiro atoms. The Morgan fingerprint density at radius 2 is 0.929 bits per heavy atom. The van der Waals surface area contributed by atoms with Crippen LogP contribution < -0.4 is 0 Å². The molecule has 0 amide bonds. The standard InChI is InChI=1S/C46H69Br2N5S3/c1-5-9-12-14-16-18-20-22-24-26-29-35-31-37(54-45(35)47)39-41-42(50-53(49-41)33-34(8-4)28-11-7-3)40(44-43(39)51-56-52-44)38-32-36(46(48)55-38)30-27-25-23-21-19-17-15-13-10-6-2/h31-32,34H,5-30,33H2,1-4H3. The van der Waals surface area contributed by atoms with Gasteiger partial charge >= 0.3 is 0 Å². The zero-order chi connectivity index (χ0) is 39.5. The molecule has 1 aliphatic heterocycles. The molecule has 5 rings (SSSR count). The van der Waals surface area contributed by atoms with Crippen LogP contribution in [0.25, 0.3) is 31.9 Å². The number of aryl methyl sites for hydroxylation is 2. The highest BCUT2D eigenvalue weighted by Crippen LogP contribution is 2.55. The number of unbranched alkanes of at least 4 members (excludes halogenated alkanes) is 19. The van der Waals surface area contributed by atoms with Crippen molar-refractivity contribution in [2.75, 3.05) is 0 Å². The average molecular weight is 948 g/mol. The van der Waals surface area contributed by atoms with Gasteiger partial charge in [0.1, 0.15) is 22.4 Å². The molecule has 3 aromatic heterocycles. The van der Waals surface area contributed by atoms with Crippen molar-refractivity contribution in [3.05, 3.63) is 30.8 Å². The third kappa shape index (κ3) is 13.4. The Morgan fingerprint density at radius 1 is 0.536 bits per heavy atom. The summed E-state index contributed by atoms with van der Waals surface area (Å²) in [7, 11) is 0. The molecule has 0 saturated carbocycles. The molecular formula is C46H69Br2N5S3. The van der Waals surface area contributed by atoms with E-state index in [1.165, 1.54) is 187 Å². The molecule has 4 heterocycles. The number of thiophene rings is 2. The smallest absolute Gasteiger partial charge is 0.124 e. The van der Waals surface area contributed by atoms with Crippen LogP contribution in [0.2, 0.25) is 0 Å². The van der Waals surface area contributed by atoms with E-state index in [9.17, 15) is 0 Å². The normalized spacial score (nSPS) is 13.0. The van der Waals surface area contributed by atoms with Gasteiger partial charge in [-0.3, -0.25) is 0 Å². The third-order valence-corrected chi connectivity index (χ3v) is 16.1. The monoisotopic (exact) mass is 945 g/mol. The minimum Gasteiger partial charge on any atom is -0.183 e. The third-order valence-electron chi connectivity index (χ3n) is 11.7. The Morgan fingerprint density at radius 3 is 1.32 bits per heavy atom. The van der Waals surface area contributed by atoms with Crippen LogP contribution >= 0.6 is 54.5 Å². The average Bonchev–Trinajstić information content (AvgIpc) is 4.00. The zero-order valence-corrected chi connectivity index (χ0v) is 40.7. The summed E-state index contributed by atoms with van der Waals surface area (Å²) in [4.78, 5) is 4.43. The van der Waals surface area contributed by atoms with Gasteiger partial charge in [0.2, 0.25) is 0 Å². The van der Waals surface area contributed by atoms with Crippen LogP contribution in [0.15, 0.2) is 28.4 Å². The van der Waals surface area contributed by atoms with Crippen molar-refractivity contribution in [1.82, 2.24) is 15.0 Å². The lowest BCUT2D eigenvalue weighted by Gasteiger charge is -2.12. The van der Waals surface area contributed by atoms with Gasteiger partial charge in [0.25, 0.3) is 0 Å². The second kappa shape index (κ2) is 25.4. The van der Waals surface area contributed by atoms with Crippen molar-refractivity contribution in [2.24, 2.45) is 14.6 Å². The molecule has 4 aromatic rings. The molecule has 0 bridgehead atoms. The molecule has 0 saturated heterocycles. The first kappa shape index (κ1) is 45.9. The molecule has 1 atom stereocenters. The molecule has 56 heavy (non-hydrogen) atoms. The Balaban J connectivity index is 1.34. The van der Waals surface area contributed by atoms with Gasteiger partial charge in [-0.05, 0) is 93.1 Å². The van der Waals surface area contributed by atoms with E-state index in [1.54, 1.807) is 0 Å². The molecule has 310 valence electrons. The predicted molar refractivity (Wildman–Crippen MR) is 255 cm³/mol. The Bertz CT molecular complexity index is 1720. The maximum Gasteiger partial charge on any atom is 0.124 e.